The lowest BCUT2D eigenvalue weighted by molar-refractivity contribution is -0.136. The van der Waals surface area contributed by atoms with Gasteiger partial charge in [-0.2, -0.15) is 0 Å². The maximum atomic E-state index is 12.5. The fourth-order valence-corrected chi connectivity index (χ4v) is 3.53. The molecule has 0 aliphatic heterocycles. The summed E-state index contributed by atoms with van der Waals surface area (Å²) in [7, 11) is 2.81. The number of thiazole rings is 1. The molecule has 11 heteroatoms. The lowest BCUT2D eigenvalue weighted by Gasteiger charge is -2.07. The van der Waals surface area contributed by atoms with E-state index >= 15 is 0 Å². The molecule has 10 nitrogen and oxygen atoms in total. The number of amides is 2. The molecule has 0 aliphatic rings. The van der Waals surface area contributed by atoms with E-state index in [1.165, 1.54) is 24.5 Å². The van der Waals surface area contributed by atoms with E-state index < -0.39 is 11.9 Å². The number of ether oxygens (including phenoxy) is 2. The third-order valence-electron chi connectivity index (χ3n) is 4.63. The summed E-state index contributed by atoms with van der Waals surface area (Å²) in [6.45, 7) is 8.26. The molecule has 2 aromatic rings. The minimum absolute atomic E-state index is 0.000619. The van der Waals surface area contributed by atoms with E-state index in [0.29, 0.717) is 24.6 Å². The number of benzene rings is 1. The van der Waals surface area contributed by atoms with Gasteiger partial charge in [0.2, 0.25) is 5.91 Å². The Kier molecular flexibility index (Phi) is 11.2. The molecular weight excluding hydrogens is 482 g/mol. The van der Waals surface area contributed by atoms with Crippen LogP contribution in [0, 0.1) is 0 Å². The molecule has 1 aromatic heterocycles. The Hall–Kier alpha value is -4.09. The predicted molar refractivity (Wildman–Crippen MR) is 139 cm³/mol. The quantitative estimate of drug-likeness (QED) is 0.123. The fourth-order valence-electron chi connectivity index (χ4n) is 2.72. The summed E-state index contributed by atoms with van der Waals surface area (Å²) in [5.74, 6) is -1.59. The van der Waals surface area contributed by atoms with Crippen LogP contribution in [0.25, 0.3) is 10.6 Å². The zero-order chi connectivity index (χ0) is 26.5. The van der Waals surface area contributed by atoms with Gasteiger partial charge in [0, 0.05) is 31.2 Å². The van der Waals surface area contributed by atoms with Crippen LogP contribution in [0.15, 0.2) is 71.3 Å². The number of nitrogens with one attached hydrogen (secondary N) is 2. The van der Waals surface area contributed by atoms with Crippen LogP contribution in [-0.4, -0.2) is 56.0 Å². The number of amidine groups is 1. The molecule has 2 amide bonds. The second-order valence-electron chi connectivity index (χ2n) is 7.35. The van der Waals surface area contributed by atoms with Gasteiger partial charge in [0.25, 0.3) is 5.91 Å². The van der Waals surface area contributed by atoms with Crippen LogP contribution >= 0.6 is 11.3 Å². The number of carbonyl (C=O) groups excluding carboxylic acids is 3. The first-order valence-electron chi connectivity index (χ1n) is 10.8. The second-order valence-corrected chi connectivity index (χ2v) is 8.20. The third-order valence-corrected chi connectivity index (χ3v) is 5.53. The van der Waals surface area contributed by atoms with Crippen LogP contribution in [0.4, 0.5) is 0 Å². The number of allylic oxidation sites excluding steroid dienone is 1. The van der Waals surface area contributed by atoms with Gasteiger partial charge < -0.3 is 25.8 Å². The van der Waals surface area contributed by atoms with E-state index in [1.807, 2.05) is 24.3 Å². The molecule has 0 unspecified atom stereocenters. The highest BCUT2D eigenvalue weighted by Crippen LogP contribution is 2.24. The van der Waals surface area contributed by atoms with Gasteiger partial charge in [-0.15, -0.1) is 11.3 Å². The molecule has 4 N–H and O–H groups in total. The molecule has 1 aromatic carbocycles. The number of methoxy groups -OCH3 is 2. The number of esters is 1. The highest BCUT2D eigenvalue weighted by Gasteiger charge is 2.15. The summed E-state index contributed by atoms with van der Waals surface area (Å²) >= 11 is 1.31. The summed E-state index contributed by atoms with van der Waals surface area (Å²) in [5.41, 5.74) is 7.58. The number of aliphatic imine (C=N–C) groups is 1. The van der Waals surface area contributed by atoms with Crippen molar-refractivity contribution in [2.75, 3.05) is 27.4 Å². The molecule has 1 heterocycles. The number of hydrogen-bond donors (Lipinski definition) is 3. The van der Waals surface area contributed by atoms with Crippen LogP contribution < -0.4 is 16.4 Å². The van der Waals surface area contributed by atoms with Crippen molar-refractivity contribution in [3.8, 4) is 10.6 Å². The van der Waals surface area contributed by atoms with Gasteiger partial charge in [-0.3, -0.25) is 9.59 Å². The molecule has 36 heavy (non-hydrogen) atoms. The van der Waals surface area contributed by atoms with Crippen molar-refractivity contribution in [1.82, 2.24) is 15.6 Å². The van der Waals surface area contributed by atoms with Gasteiger partial charge >= 0.3 is 5.97 Å². The predicted octanol–water partition coefficient (Wildman–Crippen LogP) is 2.35. The van der Waals surface area contributed by atoms with Crippen molar-refractivity contribution in [2.24, 2.45) is 10.7 Å². The monoisotopic (exact) mass is 511 g/mol. The van der Waals surface area contributed by atoms with Crippen molar-refractivity contribution in [3.05, 3.63) is 77.6 Å². The molecule has 0 aliphatic carbocycles. The van der Waals surface area contributed by atoms with Crippen molar-refractivity contribution in [3.63, 3.8) is 0 Å². The summed E-state index contributed by atoms with van der Waals surface area (Å²) in [6, 6.07) is 7.67. The standard InChI is InChI=1S/C25H29N5O5S/c1-16(22(26)28-17(2)25(33)35-4)29-23(32)20-15-36-24(30-20)19-11-9-18(10-12-19)7-5-8-21(31)27-13-6-14-34-3/h5,8-12,15H,1-2,6-7,13-14H2,3-4H3,(H2,26,28)(H,27,31)(H,29,32)/b8-5-. The van der Waals surface area contributed by atoms with Crippen molar-refractivity contribution in [2.45, 2.75) is 12.8 Å². The maximum Gasteiger partial charge on any atom is 0.356 e. The van der Waals surface area contributed by atoms with E-state index in [-0.39, 0.29) is 28.8 Å². The Balaban J connectivity index is 1.91. The van der Waals surface area contributed by atoms with E-state index in [9.17, 15) is 14.4 Å². The SMILES string of the molecule is C=C(N=C(N)C(=C)NC(=O)c1csc(-c2ccc(C/C=C\C(=O)NCCCOC)cc2)n1)C(=O)OC. The zero-order valence-corrected chi connectivity index (χ0v) is 21.0. The van der Waals surface area contributed by atoms with Crippen LogP contribution in [0.1, 0.15) is 22.5 Å². The first-order valence-corrected chi connectivity index (χ1v) is 11.7. The number of aromatic nitrogens is 1. The summed E-state index contributed by atoms with van der Waals surface area (Å²) in [5, 5.41) is 7.56. The highest BCUT2D eigenvalue weighted by atomic mass is 32.1. The molecule has 0 spiro atoms. The van der Waals surface area contributed by atoms with Crippen LogP contribution in [0.5, 0.6) is 0 Å². The molecule has 0 saturated heterocycles. The van der Waals surface area contributed by atoms with Crippen LogP contribution in [-0.2, 0) is 25.5 Å². The zero-order valence-electron chi connectivity index (χ0n) is 20.2. The minimum atomic E-state index is -0.748. The Morgan fingerprint density at radius 1 is 1.19 bits per heavy atom. The lowest BCUT2D eigenvalue weighted by Crippen LogP contribution is -2.31. The molecule has 2 rings (SSSR count). The molecular formula is C25H29N5O5S. The lowest BCUT2D eigenvalue weighted by atomic mass is 10.1. The largest absolute Gasteiger partial charge is 0.464 e. The van der Waals surface area contributed by atoms with E-state index in [0.717, 1.165) is 17.5 Å². The first kappa shape index (κ1) is 28.1. The summed E-state index contributed by atoms with van der Waals surface area (Å²) in [6.07, 6.45) is 4.69. The van der Waals surface area contributed by atoms with E-state index in [1.54, 1.807) is 18.6 Å². The first-order chi connectivity index (χ1) is 17.2. The van der Waals surface area contributed by atoms with Gasteiger partial charge in [-0.05, 0) is 24.5 Å². The van der Waals surface area contributed by atoms with Crippen molar-refractivity contribution in [1.29, 1.82) is 0 Å². The van der Waals surface area contributed by atoms with Crippen LogP contribution in [0.2, 0.25) is 0 Å². The Bertz CT molecular complexity index is 1170. The number of rotatable bonds is 13. The number of carbonyl (C=O) groups is 3. The van der Waals surface area contributed by atoms with Crippen molar-refractivity contribution < 1.29 is 23.9 Å². The minimum Gasteiger partial charge on any atom is -0.464 e. The summed E-state index contributed by atoms with van der Waals surface area (Å²) in [4.78, 5) is 43.8. The molecule has 0 radical (unpaired) electrons. The van der Waals surface area contributed by atoms with Gasteiger partial charge in [-0.1, -0.05) is 43.5 Å². The maximum absolute atomic E-state index is 12.5. The molecule has 0 bridgehead atoms. The number of nitrogens with two attached hydrogens (primary N) is 1. The second kappa shape index (κ2) is 14.3. The van der Waals surface area contributed by atoms with Gasteiger partial charge in [0.1, 0.15) is 22.2 Å². The average Bonchev–Trinajstić information content (AvgIpc) is 3.37. The topological polar surface area (TPSA) is 145 Å². The average molecular weight is 512 g/mol. The molecule has 0 atom stereocenters. The Labute approximate surface area is 213 Å². The molecule has 0 saturated carbocycles. The molecule has 0 fully saturated rings. The van der Waals surface area contributed by atoms with Crippen molar-refractivity contribution >= 4 is 35.0 Å². The Morgan fingerprint density at radius 3 is 2.58 bits per heavy atom. The smallest absolute Gasteiger partial charge is 0.356 e. The number of nitrogens with zero attached hydrogens (tertiary/aromatic N) is 2. The Morgan fingerprint density at radius 2 is 1.92 bits per heavy atom. The van der Waals surface area contributed by atoms with E-state index in [2.05, 4.69) is 38.5 Å². The third kappa shape index (κ3) is 8.93. The molecule has 190 valence electrons. The van der Waals surface area contributed by atoms with Crippen LogP contribution in [0.3, 0.4) is 0 Å². The summed E-state index contributed by atoms with van der Waals surface area (Å²) < 4.78 is 9.44. The van der Waals surface area contributed by atoms with Gasteiger partial charge in [0.05, 0.1) is 12.8 Å². The highest BCUT2D eigenvalue weighted by molar-refractivity contribution is 7.13. The normalized spacial score (nSPS) is 11.2. The fraction of sp³-hybridized carbons (Fsp3) is 0.240. The van der Waals surface area contributed by atoms with E-state index in [4.69, 9.17) is 10.5 Å². The van der Waals surface area contributed by atoms with Gasteiger partial charge in [-0.25, -0.2) is 14.8 Å². The van der Waals surface area contributed by atoms with Gasteiger partial charge in [0.15, 0.2) is 0 Å². The number of hydrogen-bond acceptors (Lipinski definition) is 8.